The Labute approximate surface area is 188 Å². The highest BCUT2D eigenvalue weighted by atomic mass is 79.9. The highest BCUT2D eigenvalue weighted by Crippen LogP contribution is 2.23. The second-order valence-electron chi connectivity index (χ2n) is 7.20. The molecule has 3 aromatic rings. The monoisotopic (exact) mass is 479 g/mol. The number of hydrogen-bond acceptors (Lipinski definition) is 6. The Morgan fingerprint density at radius 2 is 2.06 bits per heavy atom. The van der Waals surface area contributed by atoms with Gasteiger partial charge < -0.3 is 4.74 Å². The van der Waals surface area contributed by atoms with E-state index >= 15 is 0 Å². The van der Waals surface area contributed by atoms with Crippen molar-refractivity contribution in [3.05, 3.63) is 74.5 Å². The van der Waals surface area contributed by atoms with Crippen molar-refractivity contribution in [1.29, 1.82) is 5.26 Å². The van der Waals surface area contributed by atoms with Crippen LogP contribution in [-0.2, 0) is 0 Å². The highest BCUT2D eigenvalue weighted by Gasteiger charge is 2.13. The molecule has 7 nitrogen and oxygen atoms in total. The van der Waals surface area contributed by atoms with E-state index in [4.69, 9.17) is 4.74 Å². The van der Waals surface area contributed by atoms with Crippen LogP contribution in [0.3, 0.4) is 0 Å². The van der Waals surface area contributed by atoms with Crippen molar-refractivity contribution in [1.82, 2.24) is 9.97 Å². The zero-order valence-electron chi connectivity index (χ0n) is 17.2. The quantitative estimate of drug-likeness (QED) is 0.351. The molecule has 0 amide bonds. The normalized spacial score (nSPS) is 10.9. The first-order valence-corrected chi connectivity index (χ1v) is 10.6. The molecule has 0 aliphatic heterocycles. The molecule has 0 atom stereocenters. The van der Waals surface area contributed by atoms with Gasteiger partial charge in [0.15, 0.2) is 0 Å². The molecular formula is C23H22BrN5O2. The van der Waals surface area contributed by atoms with Crippen LogP contribution in [0, 0.1) is 17.2 Å². The summed E-state index contributed by atoms with van der Waals surface area (Å²) in [6.07, 6.45) is 2.54. The number of nitrogens with zero attached hydrogens (tertiary/aromatic N) is 3. The summed E-state index contributed by atoms with van der Waals surface area (Å²) in [6.45, 7) is 4.90. The lowest BCUT2D eigenvalue weighted by atomic mass is 10.1. The van der Waals surface area contributed by atoms with Gasteiger partial charge in [0.2, 0.25) is 5.95 Å². The van der Waals surface area contributed by atoms with Gasteiger partial charge in [0.1, 0.15) is 17.4 Å². The average Bonchev–Trinajstić information content (AvgIpc) is 2.75. The summed E-state index contributed by atoms with van der Waals surface area (Å²) in [5.74, 6) is 1.39. The summed E-state index contributed by atoms with van der Waals surface area (Å²) in [6, 6.07) is 16.7. The van der Waals surface area contributed by atoms with Gasteiger partial charge >= 0.3 is 0 Å². The van der Waals surface area contributed by atoms with Crippen molar-refractivity contribution >= 4 is 28.1 Å². The van der Waals surface area contributed by atoms with Crippen molar-refractivity contribution in [2.45, 2.75) is 20.3 Å². The lowest BCUT2D eigenvalue weighted by Crippen LogP contribution is -2.16. The van der Waals surface area contributed by atoms with E-state index in [9.17, 15) is 10.1 Å². The molecule has 31 heavy (non-hydrogen) atoms. The predicted molar refractivity (Wildman–Crippen MR) is 125 cm³/mol. The number of rotatable bonds is 8. The van der Waals surface area contributed by atoms with Gasteiger partial charge in [0, 0.05) is 15.6 Å². The Hall–Kier alpha value is -3.44. The minimum atomic E-state index is -0.533. The molecule has 1 aromatic heterocycles. The number of benzene rings is 2. The average molecular weight is 480 g/mol. The van der Waals surface area contributed by atoms with Crippen LogP contribution in [0.2, 0.25) is 0 Å². The molecule has 3 rings (SSSR count). The van der Waals surface area contributed by atoms with Gasteiger partial charge in [0.05, 0.1) is 18.5 Å². The van der Waals surface area contributed by atoms with Crippen molar-refractivity contribution in [2.75, 3.05) is 12.0 Å². The summed E-state index contributed by atoms with van der Waals surface area (Å²) < 4.78 is 6.77. The first-order chi connectivity index (χ1) is 15.0. The standard InChI is InChI=1S/C23H22BrN5O2/c1-15(2)10-11-31-20-9-8-18(24)12-17(20)14-26-29-23-27-21(16-6-4-3-5-7-16)19(13-25)22(30)28-23/h3-9,12,14-15H,10-11H2,1-2H3,(H2,27,28,29,30). The fourth-order valence-corrected chi connectivity index (χ4v) is 3.13. The Balaban J connectivity index is 1.83. The Kier molecular flexibility index (Phi) is 7.57. The van der Waals surface area contributed by atoms with Crippen LogP contribution in [0.5, 0.6) is 5.75 Å². The Morgan fingerprint density at radius 1 is 1.29 bits per heavy atom. The van der Waals surface area contributed by atoms with Crippen LogP contribution in [0.15, 0.2) is 62.9 Å². The number of nitriles is 1. The number of nitrogens with one attached hydrogen (secondary N) is 2. The smallest absolute Gasteiger partial charge is 0.270 e. The summed E-state index contributed by atoms with van der Waals surface area (Å²) in [5.41, 5.74) is 3.89. The molecule has 0 aliphatic rings. The minimum Gasteiger partial charge on any atom is -0.493 e. The van der Waals surface area contributed by atoms with Crippen LogP contribution >= 0.6 is 15.9 Å². The predicted octanol–water partition coefficient (Wildman–Crippen LogP) is 4.94. The molecule has 2 aromatic carbocycles. The van der Waals surface area contributed by atoms with Gasteiger partial charge in [-0.1, -0.05) is 60.1 Å². The number of ether oxygens (including phenoxy) is 1. The number of hydrazone groups is 1. The molecule has 0 spiro atoms. The van der Waals surface area contributed by atoms with Crippen LogP contribution < -0.4 is 15.7 Å². The van der Waals surface area contributed by atoms with Gasteiger partial charge in [-0.15, -0.1) is 0 Å². The molecule has 0 radical (unpaired) electrons. The van der Waals surface area contributed by atoms with E-state index < -0.39 is 5.56 Å². The topological polar surface area (TPSA) is 103 Å². The second-order valence-corrected chi connectivity index (χ2v) is 8.11. The van der Waals surface area contributed by atoms with Crippen LogP contribution in [0.4, 0.5) is 5.95 Å². The lowest BCUT2D eigenvalue weighted by molar-refractivity contribution is 0.289. The minimum absolute atomic E-state index is 0.0476. The molecule has 0 saturated carbocycles. The van der Waals surface area contributed by atoms with E-state index in [0.717, 1.165) is 16.5 Å². The highest BCUT2D eigenvalue weighted by molar-refractivity contribution is 9.10. The van der Waals surface area contributed by atoms with E-state index in [1.165, 1.54) is 0 Å². The number of hydrogen-bond donors (Lipinski definition) is 2. The molecule has 0 aliphatic carbocycles. The third-order valence-electron chi connectivity index (χ3n) is 4.38. The SMILES string of the molecule is CC(C)CCOc1ccc(Br)cc1C=NNc1nc(-c2ccccc2)c(C#N)c(=O)[nH]1. The summed E-state index contributed by atoms with van der Waals surface area (Å²) >= 11 is 3.46. The first-order valence-electron chi connectivity index (χ1n) is 9.79. The number of aromatic nitrogens is 2. The van der Waals surface area contributed by atoms with Crippen molar-refractivity contribution in [3.8, 4) is 23.1 Å². The largest absolute Gasteiger partial charge is 0.493 e. The van der Waals surface area contributed by atoms with Gasteiger partial charge in [0.25, 0.3) is 5.56 Å². The molecule has 0 unspecified atom stereocenters. The van der Waals surface area contributed by atoms with Crippen LogP contribution in [-0.4, -0.2) is 22.8 Å². The maximum absolute atomic E-state index is 12.3. The molecule has 0 fully saturated rings. The van der Waals surface area contributed by atoms with E-state index in [1.807, 2.05) is 42.5 Å². The third-order valence-corrected chi connectivity index (χ3v) is 4.87. The van der Waals surface area contributed by atoms with E-state index in [-0.39, 0.29) is 11.5 Å². The van der Waals surface area contributed by atoms with Crippen molar-refractivity contribution in [3.63, 3.8) is 0 Å². The van der Waals surface area contributed by atoms with Gasteiger partial charge in [-0.2, -0.15) is 10.4 Å². The van der Waals surface area contributed by atoms with Gasteiger partial charge in [-0.3, -0.25) is 9.78 Å². The number of halogens is 1. The Bertz CT molecular complexity index is 1170. The zero-order valence-corrected chi connectivity index (χ0v) is 18.8. The fraction of sp³-hybridized carbons (Fsp3) is 0.217. The van der Waals surface area contributed by atoms with E-state index in [2.05, 4.69) is 50.3 Å². The molecule has 2 N–H and O–H groups in total. The van der Waals surface area contributed by atoms with Crippen molar-refractivity contribution < 1.29 is 4.74 Å². The van der Waals surface area contributed by atoms with Gasteiger partial charge in [-0.25, -0.2) is 10.4 Å². The van der Waals surface area contributed by atoms with E-state index in [1.54, 1.807) is 18.3 Å². The molecule has 0 saturated heterocycles. The lowest BCUT2D eigenvalue weighted by Gasteiger charge is -2.11. The van der Waals surface area contributed by atoms with Gasteiger partial charge in [-0.05, 0) is 30.5 Å². The summed E-state index contributed by atoms with van der Waals surface area (Å²) in [7, 11) is 0. The summed E-state index contributed by atoms with van der Waals surface area (Å²) in [4.78, 5) is 19.2. The zero-order chi connectivity index (χ0) is 22.2. The molecule has 158 valence electrons. The summed E-state index contributed by atoms with van der Waals surface area (Å²) in [5, 5.41) is 13.6. The van der Waals surface area contributed by atoms with Crippen LogP contribution in [0.25, 0.3) is 11.3 Å². The third kappa shape index (κ3) is 6.03. The molecule has 8 heteroatoms. The molecular weight excluding hydrogens is 458 g/mol. The fourth-order valence-electron chi connectivity index (χ4n) is 2.75. The number of H-pyrrole nitrogens is 1. The first kappa shape index (κ1) is 22.2. The van der Waals surface area contributed by atoms with E-state index in [0.29, 0.717) is 29.5 Å². The number of aromatic amines is 1. The maximum atomic E-state index is 12.3. The molecule has 1 heterocycles. The van der Waals surface area contributed by atoms with Crippen molar-refractivity contribution in [2.24, 2.45) is 11.0 Å². The second kappa shape index (κ2) is 10.5. The maximum Gasteiger partial charge on any atom is 0.270 e. The Morgan fingerprint density at radius 3 is 2.77 bits per heavy atom. The van der Waals surface area contributed by atoms with Crippen LogP contribution in [0.1, 0.15) is 31.4 Å². The number of anilines is 1. The molecule has 0 bridgehead atoms.